The third kappa shape index (κ3) is 5.56. The summed E-state index contributed by atoms with van der Waals surface area (Å²) in [4.78, 5) is 39.4. The molecule has 0 fully saturated rings. The van der Waals surface area contributed by atoms with Crippen LogP contribution in [-0.4, -0.2) is 44.8 Å². The number of hydrogen-bond acceptors (Lipinski definition) is 7. The summed E-state index contributed by atoms with van der Waals surface area (Å²) in [6, 6.07) is 29.0. The zero-order chi connectivity index (χ0) is 30.9. The summed E-state index contributed by atoms with van der Waals surface area (Å²) in [5, 5.41) is 5.52. The number of nitrogens with zero attached hydrogens (tertiary/aromatic N) is 2. The Balaban J connectivity index is 1.10. The van der Waals surface area contributed by atoms with Crippen LogP contribution in [0, 0.1) is 0 Å². The van der Waals surface area contributed by atoms with Crippen LogP contribution in [0.15, 0.2) is 102 Å². The largest absolute Gasteiger partial charge is 0.464 e. The minimum atomic E-state index is -0.254. The van der Waals surface area contributed by atoms with Crippen LogP contribution in [0.25, 0.3) is 67.3 Å². The molecule has 11 heteroatoms. The summed E-state index contributed by atoms with van der Waals surface area (Å²) in [6.45, 7) is -0.156. The summed E-state index contributed by atoms with van der Waals surface area (Å²) in [6.07, 6.45) is 1.69. The van der Waals surface area contributed by atoms with Crippen LogP contribution in [0.3, 0.4) is 0 Å². The molecule has 0 aliphatic heterocycles. The Kier molecular flexibility index (Phi) is 7.14. The lowest BCUT2D eigenvalue weighted by molar-refractivity contribution is -0.115. The van der Waals surface area contributed by atoms with Crippen LogP contribution in [0.2, 0.25) is 0 Å². The van der Waals surface area contributed by atoms with E-state index in [1.807, 2.05) is 78.9 Å². The van der Waals surface area contributed by atoms with Crippen molar-refractivity contribution in [3.63, 3.8) is 0 Å². The van der Waals surface area contributed by atoms with Crippen molar-refractivity contribution in [2.45, 2.75) is 0 Å². The molecule has 0 unspecified atom stereocenters. The maximum Gasteiger partial charge on any atom is 0.238 e. The number of hydrogen-bond donors (Lipinski definition) is 6. The molecule has 0 saturated heterocycles. The van der Waals surface area contributed by atoms with Gasteiger partial charge in [0.25, 0.3) is 0 Å². The number of furan rings is 1. The van der Waals surface area contributed by atoms with Crippen molar-refractivity contribution in [2.24, 2.45) is 11.5 Å². The van der Waals surface area contributed by atoms with Gasteiger partial charge >= 0.3 is 0 Å². The van der Waals surface area contributed by atoms with E-state index in [0.29, 0.717) is 11.4 Å². The minimum Gasteiger partial charge on any atom is -0.464 e. The lowest BCUT2D eigenvalue weighted by Gasteiger charge is -2.05. The summed E-state index contributed by atoms with van der Waals surface area (Å²) in [7, 11) is 0. The maximum atomic E-state index is 11.6. The highest BCUT2D eigenvalue weighted by Gasteiger charge is 2.14. The Morgan fingerprint density at radius 3 is 1.58 bits per heavy atom. The van der Waals surface area contributed by atoms with Gasteiger partial charge in [0.2, 0.25) is 11.8 Å². The highest BCUT2D eigenvalue weighted by molar-refractivity contribution is 5.95. The quantitative estimate of drug-likeness (QED) is 0.134. The smallest absolute Gasteiger partial charge is 0.238 e. The molecule has 4 aromatic carbocycles. The fourth-order valence-electron chi connectivity index (χ4n) is 5.22. The molecule has 0 saturated carbocycles. The van der Waals surface area contributed by atoms with Gasteiger partial charge in [-0.3, -0.25) is 9.59 Å². The molecule has 11 nitrogen and oxygen atoms in total. The predicted octanol–water partition coefficient (Wildman–Crippen LogP) is 5.49. The molecule has 0 aliphatic rings. The van der Waals surface area contributed by atoms with Gasteiger partial charge in [-0.25, -0.2) is 9.97 Å². The number of anilines is 2. The highest BCUT2D eigenvalue weighted by Crippen LogP contribution is 2.35. The van der Waals surface area contributed by atoms with Crippen LogP contribution in [0.1, 0.15) is 0 Å². The molecule has 0 spiro atoms. The van der Waals surface area contributed by atoms with E-state index in [1.165, 1.54) is 0 Å². The number of carbonyl (C=O) groups excluding carboxylic acids is 2. The molecule has 0 radical (unpaired) electrons. The second-order valence-corrected chi connectivity index (χ2v) is 10.5. The van der Waals surface area contributed by atoms with Crippen LogP contribution in [0.4, 0.5) is 11.4 Å². The van der Waals surface area contributed by atoms with E-state index in [9.17, 15) is 9.59 Å². The van der Waals surface area contributed by atoms with E-state index in [0.717, 1.165) is 67.3 Å². The van der Waals surface area contributed by atoms with Crippen molar-refractivity contribution in [1.82, 2.24) is 19.9 Å². The van der Waals surface area contributed by atoms with Crippen molar-refractivity contribution in [3.8, 4) is 45.2 Å². The molecule has 222 valence electrons. The molecule has 2 amide bonds. The normalized spacial score (nSPS) is 11.2. The number of amides is 2. The third-order valence-corrected chi connectivity index (χ3v) is 7.46. The van der Waals surface area contributed by atoms with Gasteiger partial charge in [-0.1, -0.05) is 48.5 Å². The summed E-state index contributed by atoms with van der Waals surface area (Å²) in [5.74, 6) is 1.70. The van der Waals surface area contributed by atoms with Gasteiger partial charge in [-0.15, -0.1) is 0 Å². The lowest BCUT2D eigenvalue weighted by Crippen LogP contribution is -2.21. The molecule has 0 aliphatic carbocycles. The van der Waals surface area contributed by atoms with Gasteiger partial charge in [0.1, 0.15) is 17.4 Å². The van der Waals surface area contributed by atoms with Crippen molar-refractivity contribution in [2.75, 3.05) is 23.7 Å². The van der Waals surface area contributed by atoms with Crippen molar-refractivity contribution < 1.29 is 14.0 Å². The molecule has 3 aromatic heterocycles. The van der Waals surface area contributed by atoms with E-state index in [1.54, 1.807) is 18.4 Å². The van der Waals surface area contributed by atoms with E-state index < -0.39 is 0 Å². The average Bonchev–Trinajstić information content (AvgIpc) is 3.83. The first-order valence-electron chi connectivity index (χ1n) is 14.3. The molecule has 45 heavy (non-hydrogen) atoms. The van der Waals surface area contributed by atoms with Crippen molar-refractivity contribution >= 4 is 45.3 Å². The Morgan fingerprint density at radius 1 is 0.622 bits per heavy atom. The first-order valence-corrected chi connectivity index (χ1v) is 14.3. The number of imidazole rings is 2. The summed E-state index contributed by atoms with van der Waals surface area (Å²) < 4.78 is 5.93. The average molecular weight is 597 g/mol. The molecule has 0 atom stereocenters. The third-order valence-electron chi connectivity index (χ3n) is 7.46. The van der Waals surface area contributed by atoms with Crippen molar-refractivity contribution in [3.05, 3.63) is 97.3 Å². The van der Waals surface area contributed by atoms with Crippen LogP contribution in [0.5, 0.6) is 0 Å². The maximum absolute atomic E-state index is 11.6. The number of benzene rings is 4. The number of nitrogens with two attached hydrogens (primary N) is 2. The first kappa shape index (κ1) is 27.8. The summed E-state index contributed by atoms with van der Waals surface area (Å²) >= 11 is 0. The Labute approximate surface area is 256 Å². The van der Waals surface area contributed by atoms with E-state index in [4.69, 9.17) is 25.9 Å². The van der Waals surface area contributed by atoms with Crippen LogP contribution >= 0.6 is 0 Å². The predicted molar refractivity (Wildman–Crippen MR) is 175 cm³/mol. The van der Waals surface area contributed by atoms with Gasteiger partial charge in [-0.2, -0.15) is 0 Å². The van der Waals surface area contributed by atoms with Crippen molar-refractivity contribution in [1.29, 1.82) is 0 Å². The minimum absolute atomic E-state index is 0.0776. The fourth-order valence-corrected chi connectivity index (χ4v) is 5.22. The Morgan fingerprint density at radius 2 is 1.09 bits per heavy atom. The molecule has 3 heterocycles. The second-order valence-electron chi connectivity index (χ2n) is 10.5. The number of aromatic nitrogens is 4. The molecule has 0 bridgehead atoms. The van der Waals surface area contributed by atoms with Gasteiger partial charge < -0.3 is 36.5 Å². The van der Waals surface area contributed by atoms with Gasteiger partial charge in [0.05, 0.1) is 41.4 Å². The number of aromatic amines is 2. The molecule has 8 N–H and O–H groups in total. The first-order chi connectivity index (χ1) is 22.0. The van der Waals surface area contributed by atoms with Gasteiger partial charge in [0, 0.05) is 33.6 Å². The second kappa shape index (κ2) is 11.6. The highest BCUT2D eigenvalue weighted by atomic mass is 16.3. The Bertz CT molecular complexity index is 2020. The number of fused-ring (bicyclic) bond motifs is 2. The number of nitrogens with one attached hydrogen (secondary N) is 4. The number of rotatable bonds is 8. The van der Waals surface area contributed by atoms with Gasteiger partial charge in [0.15, 0.2) is 0 Å². The van der Waals surface area contributed by atoms with E-state index in [-0.39, 0.29) is 24.9 Å². The van der Waals surface area contributed by atoms with Crippen LogP contribution in [-0.2, 0) is 9.59 Å². The molecule has 7 aromatic rings. The molecular formula is C34H28N8O3. The van der Waals surface area contributed by atoms with E-state index in [2.05, 4.69) is 20.6 Å². The Hall–Kier alpha value is -6.04. The van der Waals surface area contributed by atoms with Crippen LogP contribution < -0.4 is 22.1 Å². The fraction of sp³-hybridized carbons (Fsp3) is 0.0588. The lowest BCUT2D eigenvalue weighted by atomic mass is 10.00. The number of H-pyrrole nitrogens is 2. The zero-order valence-electron chi connectivity index (χ0n) is 23.9. The van der Waals surface area contributed by atoms with E-state index >= 15 is 0 Å². The molecule has 7 rings (SSSR count). The summed E-state index contributed by atoms with van der Waals surface area (Å²) in [5.41, 5.74) is 20.1. The standard InChI is InChI=1S/C34H28N8O3/c35-17-30(43)37-23-9-11-26-28(15-23)41-33(39-26)21-5-1-19(2-6-21)25-13-14-45-32(25)20-3-7-22(8-4-20)34-40-27-12-10-24(16-29(27)42-34)38-31(44)18-36/h1-16H,17-18,35-36H2,(H,37,43)(H,38,44)(H,39,41)(H,40,42). The SMILES string of the molecule is NCC(=O)Nc1ccc2nc(-c3ccc(-c4ccoc4-c4ccc(-c5nc6ccc(NC(=O)CN)cc6[nH]5)cc4)cc3)[nH]c2c1. The molecular weight excluding hydrogens is 568 g/mol. The monoisotopic (exact) mass is 596 g/mol. The number of carbonyl (C=O) groups is 2. The topological polar surface area (TPSA) is 181 Å². The zero-order valence-corrected chi connectivity index (χ0v) is 23.9. The van der Waals surface area contributed by atoms with Gasteiger partial charge in [-0.05, 0) is 48.0 Å².